The molecule has 5 heteroatoms. The number of ether oxygens (including phenoxy) is 1. The minimum absolute atomic E-state index is 0.174. The SMILES string of the molecule is CC(C)(C)OC(=O)N1CC(C(=O)O)CCC12CCCCC2. The van der Waals surface area contributed by atoms with Gasteiger partial charge in [0.25, 0.3) is 0 Å². The Morgan fingerprint density at radius 2 is 1.76 bits per heavy atom. The van der Waals surface area contributed by atoms with Gasteiger partial charge in [-0.2, -0.15) is 0 Å². The number of piperidine rings is 1. The summed E-state index contributed by atoms with van der Waals surface area (Å²) in [6.45, 7) is 5.81. The number of hydrogen-bond donors (Lipinski definition) is 1. The fourth-order valence-electron chi connectivity index (χ4n) is 3.60. The van der Waals surface area contributed by atoms with Crippen LogP contribution in [-0.4, -0.2) is 39.8 Å². The Balaban J connectivity index is 2.19. The molecule has 21 heavy (non-hydrogen) atoms. The Morgan fingerprint density at radius 3 is 2.29 bits per heavy atom. The predicted octanol–water partition coefficient (Wildman–Crippen LogP) is 3.42. The maximum atomic E-state index is 12.6. The van der Waals surface area contributed by atoms with Crippen molar-refractivity contribution < 1.29 is 19.4 Å². The van der Waals surface area contributed by atoms with Gasteiger partial charge in [-0.3, -0.25) is 4.79 Å². The quantitative estimate of drug-likeness (QED) is 0.805. The molecule has 0 aromatic heterocycles. The van der Waals surface area contributed by atoms with Crippen LogP contribution >= 0.6 is 0 Å². The highest BCUT2D eigenvalue weighted by atomic mass is 16.6. The van der Waals surface area contributed by atoms with Crippen LogP contribution in [0, 0.1) is 5.92 Å². The molecule has 1 aliphatic carbocycles. The van der Waals surface area contributed by atoms with Crippen LogP contribution in [0.3, 0.4) is 0 Å². The van der Waals surface area contributed by atoms with Crippen LogP contribution < -0.4 is 0 Å². The molecule has 0 radical (unpaired) electrons. The number of carbonyl (C=O) groups is 2. The van der Waals surface area contributed by atoms with E-state index in [0.29, 0.717) is 6.42 Å². The smallest absolute Gasteiger partial charge is 0.410 e. The molecular formula is C16H27NO4. The highest BCUT2D eigenvalue weighted by molar-refractivity contribution is 5.74. The van der Waals surface area contributed by atoms with Gasteiger partial charge < -0.3 is 14.7 Å². The molecule has 1 heterocycles. The molecule has 1 aliphatic heterocycles. The van der Waals surface area contributed by atoms with E-state index in [2.05, 4.69) is 0 Å². The number of aliphatic carboxylic acids is 1. The van der Waals surface area contributed by atoms with Crippen LogP contribution in [0.1, 0.15) is 65.7 Å². The molecular weight excluding hydrogens is 270 g/mol. The van der Waals surface area contributed by atoms with Gasteiger partial charge in [0.1, 0.15) is 5.60 Å². The lowest BCUT2D eigenvalue weighted by Crippen LogP contribution is -2.59. The minimum atomic E-state index is -0.811. The predicted molar refractivity (Wildman–Crippen MR) is 79.1 cm³/mol. The molecule has 0 aromatic rings. The summed E-state index contributed by atoms with van der Waals surface area (Å²) in [5.74, 6) is -1.28. The Bertz CT molecular complexity index is 407. The molecule has 2 rings (SSSR count). The first kappa shape index (κ1) is 16.1. The van der Waals surface area contributed by atoms with Crippen LogP contribution in [-0.2, 0) is 9.53 Å². The van der Waals surface area contributed by atoms with Crippen molar-refractivity contribution in [3.8, 4) is 0 Å². The van der Waals surface area contributed by atoms with Crippen LogP contribution in [0.15, 0.2) is 0 Å². The van der Waals surface area contributed by atoms with E-state index < -0.39 is 17.5 Å². The summed E-state index contributed by atoms with van der Waals surface area (Å²) >= 11 is 0. The van der Waals surface area contributed by atoms with E-state index in [-0.39, 0.29) is 18.2 Å². The number of carbonyl (C=O) groups excluding carboxylic acids is 1. The van der Waals surface area contributed by atoms with Crippen molar-refractivity contribution in [1.82, 2.24) is 4.90 Å². The third-order valence-electron chi connectivity index (χ3n) is 4.68. The van der Waals surface area contributed by atoms with Crippen LogP contribution in [0.2, 0.25) is 0 Å². The molecule has 1 spiro atoms. The van der Waals surface area contributed by atoms with Crippen molar-refractivity contribution in [3.63, 3.8) is 0 Å². The van der Waals surface area contributed by atoms with Gasteiger partial charge in [0.15, 0.2) is 0 Å². The lowest BCUT2D eigenvalue weighted by molar-refractivity contribution is -0.145. The number of rotatable bonds is 1. The molecule has 5 nitrogen and oxygen atoms in total. The van der Waals surface area contributed by atoms with Crippen molar-refractivity contribution >= 4 is 12.1 Å². The van der Waals surface area contributed by atoms with Crippen LogP contribution in [0.4, 0.5) is 4.79 Å². The second kappa shape index (κ2) is 5.85. The van der Waals surface area contributed by atoms with E-state index >= 15 is 0 Å². The van der Waals surface area contributed by atoms with Gasteiger partial charge in [0.2, 0.25) is 0 Å². The van der Waals surface area contributed by atoms with E-state index in [0.717, 1.165) is 32.1 Å². The zero-order valence-electron chi connectivity index (χ0n) is 13.4. The van der Waals surface area contributed by atoms with Crippen molar-refractivity contribution in [2.24, 2.45) is 5.92 Å². The van der Waals surface area contributed by atoms with Gasteiger partial charge in [-0.15, -0.1) is 0 Å². The van der Waals surface area contributed by atoms with Crippen LogP contribution in [0.5, 0.6) is 0 Å². The summed E-state index contributed by atoms with van der Waals surface area (Å²) in [6.07, 6.45) is 6.45. The monoisotopic (exact) mass is 297 g/mol. The van der Waals surface area contributed by atoms with Gasteiger partial charge in [-0.1, -0.05) is 19.3 Å². The molecule has 2 fully saturated rings. The summed E-state index contributed by atoms with van der Waals surface area (Å²) in [5, 5.41) is 9.28. The van der Waals surface area contributed by atoms with E-state index in [1.165, 1.54) is 6.42 Å². The molecule has 1 saturated carbocycles. The standard InChI is InChI=1S/C16H27NO4/c1-15(2,3)21-14(20)17-11-12(13(18)19)7-10-16(17)8-5-4-6-9-16/h12H,4-11H2,1-3H3,(H,18,19). The highest BCUT2D eigenvalue weighted by Crippen LogP contribution is 2.42. The molecule has 1 saturated heterocycles. The van der Waals surface area contributed by atoms with E-state index in [4.69, 9.17) is 4.74 Å². The number of nitrogens with zero attached hydrogens (tertiary/aromatic N) is 1. The molecule has 2 aliphatic rings. The average Bonchev–Trinajstić information content (AvgIpc) is 2.37. The first-order valence-electron chi connectivity index (χ1n) is 7.97. The normalized spacial score (nSPS) is 25.7. The number of carboxylic acids is 1. The largest absolute Gasteiger partial charge is 0.481 e. The van der Waals surface area contributed by atoms with Gasteiger partial charge in [-0.05, 0) is 46.5 Å². The maximum absolute atomic E-state index is 12.6. The number of likely N-dealkylation sites (tertiary alicyclic amines) is 1. The molecule has 1 amide bonds. The van der Waals surface area contributed by atoms with E-state index in [1.54, 1.807) is 4.90 Å². The summed E-state index contributed by atoms with van der Waals surface area (Å²) in [4.78, 5) is 25.6. The highest BCUT2D eigenvalue weighted by Gasteiger charge is 2.47. The molecule has 0 aromatic carbocycles. The Kier molecular flexibility index (Phi) is 4.49. The number of amides is 1. The topological polar surface area (TPSA) is 66.8 Å². The number of hydrogen-bond acceptors (Lipinski definition) is 3. The van der Waals surface area contributed by atoms with E-state index in [1.807, 2.05) is 20.8 Å². The van der Waals surface area contributed by atoms with Crippen molar-refractivity contribution in [2.45, 2.75) is 76.9 Å². The van der Waals surface area contributed by atoms with Gasteiger partial charge in [0.05, 0.1) is 5.92 Å². The Hall–Kier alpha value is -1.26. The fourth-order valence-corrected chi connectivity index (χ4v) is 3.60. The minimum Gasteiger partial charge on any atom is -0.481 e. The zero-order valence-corrected chi connectivity index (χ0v) is 13.4. The van der Waals surface area contributed by atoms with Crippen LogP contribution in [0.25, 0.3) is 0 Å². The second-order valence-corrected chi connectivity index (χ2v) is 7.45. The summed E-state index contributed by atoms with van der Waals surface area (Å²) in [5.41, 5.74) is -0.727. The summed E-state index contributed by atoms with van der Waals surface area (Å²) in [6, 6.07) is 0. The maximum Gasteiger partial charge on any atom is 0.410 e. The lowest BCUT2D eigenvalue weighted by Gasteiger charge is -2.50. The fraction of sp³-hybridized carbons (Fsp3) is 0.875. The summed E-state index contributed by atoms with van der Waals surface area (Å²) < 4.78 is 5.53. The van der Waals surface area contributed by atoms with Gasteiger partial charge in [0, 0.05) is 12.1 Å². The molecule has 1 atom stereocenters. The van der Waals surface area contributed by atoms with Crippen molar-refractivity contribution in [2.75, 3.05) is 6.54 Å². The first-order chi connectivity index (χ1) is 9.73. The third-order valence-corrected chi connectivity index (χ3v) is 4.68. The third kappa shape index (κ3) is 3.69. The number of carboxylic acid groups (broad SMARTS) is 1. The van der Waals surface area contributed by atoms with Gasteiger partial charge in [-0.25, -0.2) is 4.79 Å². The van der Waals surface area contributed by atoms with E-state index in [9.17, 15) is 14.7 Å². The molecule has 1 unspecified atom stereocenters. The summed E-state index contributed by atoms with van der Waals surface area (Å²) in [7, 11) is 0. The molecule has 120 valence electrons. The molecule has 0 bridgehead atoms. The van der Waals surface area contributed by atoms with Crippen molar-refractivity contribution in [1.29, 1.82) is 0 Å². The molecule has 1 N–H and O–H groups in total. The van der Waals surface area contributed by atoms with Gasteiger partial charge >= 0.3 is 12.1 Å². The second-order valence-electron chi connectivity index (χ2n) is 7.45. The first-order valence-corrected chi connectivity index (χ1v) is 7.97. The Morgan fingerprint density at radius 1 is 1.14 bits per heavy atom. The van der Waals surface area contributed by atoms with Crippen molar-refractivity contribution in [3.05, 3.63) is 0 Å². The zero-order chi connectivity index (χ0) is 15.7. The Labute approximate surface area is 126 Å². The average molecular weight is 297 g/mol. The lowest BCUT2D eigenvalue weighted by atomic mass is 9.73.